The van der Waals surface area contributed by atoms with E-state index in [1.807, 2.05) is 24.3 Å². The quantitative estimate of drug-likeness (QED) is 0.637. The van der Waals surface area contributed by atoms with Crippen LogP contribution in [0, 0.1) is 5.92 Å². The molecule has 102 valence electrons. The number of hydrazine groups is 1. The average Bonchev–Trinajstić information content (AvgIpc) is 2.43. The highest BCUT2D eigenvalue weighted by atomic mass is 15.3. The molecule has 0 unspecified atom stereocenters. The Kier molecular flexibility index (Phi) is 4.16. The number of benzene rings is 1. The van der Waals surface area contributed by atoms with Crippen LogP contribution in [0.15, 0.2) is 24.3 Å². The van der Waals surface area contributed by atoms with E-state index in [2.05, 4.69) is 41.2 Å². The first-order chi connectivity index (χ1) is 9.11. The number of hydrogen-bond acceptors (Lipinski definition) is 5. The van der Waals surface area contributed by atoms with Gasteiger partial charge < -0.3 is 4.90 Å². The summed E-state index contributed by atoms with van der Waals surface area (Å²) < 4.78 is 0. The van der Waals surface area contributed by atoms with Crippen molar-refractivity contribution < 1.29 is 0 Å². The number of nitrogens with zero attached hydrogens (tertiary/aromatic N) is 3. The van der Waals surface area contributed by atoms with Crippen LogP contribution in [-0.2, 0) is 0 Å². The molecule has 0 spiro atoms. The van der Waals surface area contributed by atoms with Gasteiger partial charge in [0, 0.05) is 19.0 Å². The summed E-state index contributed by atoms with van der Waals surface area (Å²) in [6.45, 7) is 5.40. The molecule has 0 aliphatic carbocycles. The molecule has 0 saturated carbocycles. The molecule has 2 rings (SSSR count). The summed E-state index contributed by atoms with van der Waals surface area (Å²) in [4.78, 5) is 11.0. The second-order valence-corrected chi connectivity index (χ2v) is 5.14. The van der Waals surface area contributed by atoms with E-state index >= 15 is 0 Å². The molecule has 5 nitrogen and oxygen atoms in total. The van der Waals surface area contributed by atoms with Crippen molar-refractivity contribution in [2.24, 2.45) is 11.8 Å². The Morgan fingerprint density at radius 1 is 1.26 bits per heavy atom. The smallest absolute Gasteiger partial charge is 0.239 e. The van der Waals surface area contributed by atoms with Crippen molar-refractivity contribution in [3.8, 4) is 0 Å². The summed E-state index contributed by atoms with van der Waals surface area (Å²) in [5, 5.41) is 1.05. The molecule has 0 saturated heterocycles. The van der Waals surface area contributed by atoms with Gasteiger partial charge in [-0.05, 0) is 24.5 Å². The highest BCUT2D eigenvalue weighted by molar-refractivity contribution is 5.90. The summed E-state index contributed by atoms with van der Waals surface area (Å²) in [7, 11) is 2.05. The number of nitrogens with one attached hydrogen (secondary N) is 1. The molecule has 0 fully saturated rings. The maximum atomic E-state index is 5.44. The van der Waals surface area contributed by atoms with Gasteiger partial charge in [0.2, 0.25) is 5.95 Å². The number of rotatable bonds is 5. The third-order valence-corrected chi connectivity index (χ3v) is 3.12. The van der Waals surface area contributed by atoms with Crippen LogP contribution in [0.5, 0.6) is 0 Å². The minimum absolute atomic E-state index is 0.449. The molecule has 0 radical (unpaired) electrons. The van der Waals surface area contributed by atoms with Gasteiger partial charge in [-0.2, -0.15) is 4.98 Å². The highest BCUT2D eigenvalue weighted by Gasteiger charge is 2.11. The SMILES string of the molecule is CC(C)CCN(C)c1nc(NN)nc2ccccc12. The summed E-state index contributed by atoms with van der Waals surface area (Å²) >= 11 is 0. The van der Waals surface area contributed by atoms with Gasteiger partial charge in [-0.3, -0.25) is 5.43 Å². The lowest BCUT2D eigenvalue weighted by Crippen LogP contribution is -2.22. The van der Waals surface area contributed by atoms with Crippen molar-refractivity contribution >= 4 is 22.7 Å². The van der Waals surface area contributed by atoms with Crippen LogP contribution in [0.3, 0.4) is 0 Å². The van der Waals surface area contributed by atoms with Gasteiger partial charge in [-0.25, -0.2) is 10.8 Å². The van der Waals surface area contributed by atoms with Crippen molar-refractivity contribution in [2.75, 3.05) is 23.9 Å². The van der Waals surface area contributed by atoms with Crippen LogP contribution in [0.25, 0.3) is 10.9 Å². The Balaban J connectivity index is 2.39. The minimum Gasteiger partial charge on any atom is -0.359 e. The Morgan fingerprint density at radius 3 is 2.68 bits per heavy atom. The lowest BCUT2D eigenvalue weighted by atomic mass is 10.1. The van der Waals surface area contributed by atoms with E-state index in [9.17, 15) is 0 Å². The van der Waals surface area contributed by atoms with Crippen molar-refractivity contribution in [2.45, 2.75) is 20.3 Å². The van der Waals surface area contributed by atoms with E-state index < -0.39 is 0 Å². The lowest BCUT2D eigenvalue weighted by molar-refractivity contribution is 0.584. The van der Waals surface area contributed by atoms with Crippen LogP contribution in [0.2, 0.25) is 0 Å². The molecule has 3 N–H and O–H groups in total. The molecule has 0 bridgehead atoms. The molecular formula is C14H21N5. The van der Waals surface area contributed by atoms with Crippen molar-refractivity contribution in [1.29, 1.82) is 0 Å². The second-order valence-electron chi connectivity index (χ2n) is 5.14. The molecule has 0 amide bonds. The van der Waals surface area contributed by atoms with Crippen molar-refractivity contribution in [1.82, 2.24) is 9.97 Å². The van der Waals surface area contributed by atoms with Crippen LogP contribution in [0.4, 0.5) is 11.8 Å². The number of hydrogen-bond donors (Lipinski definition) is 2. The van der Waals surface area contributed by atoms with Gasteiger partial charge in [0.05, 0.1) is 5.52 Å². The fourth-order valence-electron chi connectivity index (χ4n) is 1.97. The summed E-state index contributed by atoms with van der Waals surface area (Å²) in [6, 6.07) is 7.98. The van der Waals surface area contributed by atoms with Crippen LogP contribution >= 0.6 is 0 Å². The average molecular weight is 259 g/mol. The molecule has 19 heavy (non-hydrogen) atoms. The van der Waals surface area contributed by atoms with Gasteiger partial charge in [0.1, 0.15) is 5.82 Å². The van der Waals surface area contributed by atoms with E-state index in [1.54, 1.807) is 0 Å². The largest absolute Gasteiger partial charge is 0.359 e. The Bertz CT molecular complexity index is 553. The number of fused-ring (bicyclic) bond motifs is 1. The van der Waals surface area contributed by atoms with Crippen LogP contribution in [-0.4, -0.2) is 23.6 Å². The van der Waals surface area contributed by atoms with E-state index in [0.717, 1.165) is 29.7 Å². The molecular weight excluding hydrogens is 238 g/mol. The number of nitrogens with two attached hydrogens (primary N) is 1. The lowest BCUT2D eigenvalue weighted by Gasteiger charge is -2.21. The highest BCUT2D eigenvalue weighted by Crippen LogP contribution is 2.24. The first-order valence-corrected chi connectivity index (χ1v) is 6.56. The Hall–Kier alpha value is -1.88. The Morgan fingerprint density at radius 2 is 2.00 bits per heavy atom. The number of aromatic nitrogens is 2. The van der Waals surface area contributed by atoms with Gasteiger partial charge >= 0.3 is 0 Å². The third kappa shape index (κ3) is 3.12. The van der Waals surface area contributed by atoms with Crippen molar-refractivity contribution in [3.05, 3.63) is 24.3 Å². The molecule has 1 heterocycles. The van der Waals surface area contributed by atoms with E-state index in [4.69, 9.17) is 5.84 Å². The zero-order valence-corrected chi connectivity index (χ0v) is 11.7. The molecule has 0 aliphatic heterocycles. The molecule has 5 heteroatoms. The van der Waals surface area contributed by atoms with E-state index in [-0.39, 0.29) is 0 Å². The van der Waals surface area contributed by atoms with Crippen molar-refractivity contribution in [3.63, 3.8) is 0 Å². The van der Waals surface area contributed by atoms with Gasteiger partial charge in [0.25, 0.3) is 0 Å². The number of para-hydroxylation sites is 1. The topological polar surface area (TPSA) is 67.1 Å². The predicted molar refractivity (Wildman–Crippen MR) is 80.1 cm³/mol. The number of anilines is 2. The maximum Gasteiger partial charge on any atom is 0.239 e. The second kappa shape index (κ2) is 5.84. The fraction of sp³-hybridized carbons (Fsp3) is 0.429. The zero-order chi connectivity index (χ0) is 13.8. The molecule has 0 atom stereocenters. The maximum absolute atomic E-state index is 5.44. The minimum atomic E-state index is 0.449. The molecule has 0 aliphatic rings. The van der Waals surface area contributed by atoms with Gasteiger partial charge in [0.15, 0.2) is 0 Å². The monoisotopic (exact) mass is 259 g/mol. The molecule has 1 aromatic heterocycles. The zero-order valence-electron chi connectivity index (χ0n) is 11.7. The van der Waals surface area contributed by atoms with Crippen LogP contribution in [0.1, 0.15) is 20.3 Å². The van der Waals surface area contributed by atoms with Gasteiger partial charge in [-0.15, -0.1) is 0 Å². The Labute approximate surface area is 113 Å². The first-order valence-electron chi connectivity index (χ1n) is 6.56. The first kappa shape index (κ1) is 13.5. The van der Waals surface area contributed by atoms with Crippen LogP contribution < -0.4 is 16.2 Å². The van der Waals surface area contributed by atoms with E-state index in [1.165, 1.54) is 0 Å². The summed E-state index contributed by atoms with van der Waals surface area (Å²) in [5.41, 5.74) is 3.43. The van der Waals surface area contributed by atoms with E-state index in [0.29, 0.717) is 11.9 Å². The number of nitrogen functional groups attached to an aromatic ring is 1. The predicted octanol–water partition coefficient (Wildman–Crippen LogP) is 2.40. The third-order valence-electron chi connectivity index (χ3n) is 3.12. The normalized spacial score (nSPS) is 11.0. The standard InChI is InChI=1S/C14H21N5/c1-10(2)8-9-19(3)13-11-6-4-5-7-12(11)16-14(17-13)18-15/h4-7,10H,8-9,15H2,1-3H3,(H,16,17,18). The fourth-order valence-corrected chi connectivity index (χ4v) is 1.97. The molecule has 2 aromatic rings. The van der Waals surface area contributed by atoms with Gasteiger partial charge in [-0.1, -0.05) is 26.0 Å². The summed E-state index contributed by atoms with van der Waals surface area (Å²) in [6.07, 6.45) is 1.13. The summed E-state index contributed by atoms with van der Waals surface area (Å²) in [5.74, 6) is 7.47. The molecule has 1 aromatic carbocycles.